The van der Waals surface area contributed by atoms with Crippen LogP contribution >= 0.6 is 0 Å². The number of hydrogen-bond donors (Lipinski definition) is 2. The lowest BCUT2D eigenvalue weighted by Gasteiger charge is -2.02. The number of hydrogen-bond acceptors (Lipinski definition) is 3. The molecule has 0 fully saturated rings. The van der Waals surface area contributed by atoms with Crippen molar-refractivity contribution in [2.75, 3.05) is 0 Å². The van der Waals surface area contributed by atoms with Gasteiger partial charge in [-0.25, -0.2) is 4.79 Å². The van der Waals surface area contributed by atoms with Gasteiger partial charge in [0, 0.05) is 22.7 Å². The highest BCUT2D eigenvalue weighted by atomic mass is 16.4. The molecule has 0 aliphatic heterocycles. The summed E-state index contributed by atoms with van der Waals surface area (Å²) >= 11 is 0. The number of nitriles is 1. The number of aryl methyl sites for hydroxylation is 1. The standard InChI is InChI=1S/C20H14N2O3/c1-12-3-2-4-17-18(12)16(11-22-17)19(23)15(10-21)9-13-5-7-14(8-6-13)20(24)25/h2-9,11,22H,1H3,(H,24,25)/b15-9+. The summed E-state index contributed by atoms with van der Waals surface area (Å²) in [4.78, 5) is 26.7. The molecule has 25 heavy (non-hydrogen) atoms. The molecule has 0 bridgehead atoms. The quantitative estimate of drug-likeness (QED) is 0.430. The maximum atomic E-state index is 12.8. The molecule has 2 N–H and O–H groups in total. The number of ketones is 1. The molecule has 0 aliphatic carbocycles. The van der Waals surface area contributed by atoms with Crippen LogP contribution in [-0.4, -0.2) is 21.8 Å². The first-order valence-corrected chi connectivity index (χ1v) is 7.58. The molecule has 122 valence electrons. The molecule has 0 aliphatic rings. The molecule has 5 nitrogen and oxygen atoms in total. The first-order valence-electron chi connectivity index (χ1n) is 7.58. The smallest absolute Gasteiger partial charge is 0.335 e. The van der Waals surface area contributed by atoms with Crippen molar-refractivity contribution in [2.45, 2.75) is 6.92 Å². The molecule has 3 rings (SSSR count). The second kappa shape index (κ2) is 6.46. The zero-order valence-electron chi connectivity index (χ0n) is 13.4. The highest BCUT2D eigenvalue weighted by molar-refractivity contribution is 6.20. The van der Waals surface area contributed by atoms with Gasteiger partial charge in [0.15, 0.2) is 0 Å². The van der Waals surface area contributed by atoms with Gasteiger partial charge in [-0.3, -0.25) is 4.79 Å². The Morgan fingerprint density at radius 3 is 2.52 bits per heavy atom. The van der Waals surface area contributed by atoms with Crippen LogP contribution in [0.25, 0.3) is 17.0 Å². The highest BCUT2D eigenvalue weighted by Gasteiger charge is 2.17. The second-order valence-electron chi connectivity index (χ2n) is 5.63. The normalized spacial score (nSPS) is 11.3. The van der Waals surface area contributed by atoms with Crippen LogP contribution in [0.15, 0.2) is 54.2 Å². The van der Waals surface area contributed by atoms with Crippen LogP contribution in [0.1, 0.15) is 31.8 Å². The summed E-state index contributed by atoms with van der Waals surface area (Å²) in [7, 11) is 0. The summed E-state index contributed by atoms with van der Waals surface area (Å²) in [6, 6.07) is 13.6. The van der Waals surface area contributed by atoms with E-state index in [0.29, 0.717) is 11.1 Å². The van der Waals surface area contributed by atoms with Crippen LogP contribution in [0.5, 0.6) is 0 Å². The van der Waals surface area contributed by atoms with Crippen molar-refractivity contribution in [2.24, 2.45) is 0 Å². The number of aromatic nitrogens is 1. The van der Waals surface area contributed by atoms with E-state index >= 15 is 0 Å². The number of nitrogens with zero attached hydrogens (tertiary/aromatic N) is 1. The Morgan fingerprint density at radius 1 is 1.16 bits per heavy atom. The molecule has 0 spiro atoms. The molecule has 0 saturated carbocycles. The van der Waals surface area contributed by atoms with Gasteiger partial charge in [-0.1, -0.05) is 24.3 Å². The fourth-order valence-corrected chi connectivity index (χ4v) is 2.73. The lowest BCUT2D eigenvalue weighted by Crippen LogP contribution is -2.02. The van der Waals surface area contributed by atoms with Crippen molar-refractivity contribution in [1.82, 2.24) is 4.98 Å². The number of carbonyl (C=O) groups excluding carboxylic acids is 1. The minimum absolute atomic E-state index is 0.00720. The number of aromatic carboxylic acids is 1. The molecule has 1 heterocycles. The van der Waals surface area contributed by atoms with Crippen molar-refractivity contribution in [1.29, 1.82) is 5.26 Å². The van der Waals surface area contributed by atoms with E-state index in [9.17, 15) is 14.9 Å². The van der Waals surface area contributed by atoms with Crippen LogP contribution in [0.3, 0.4) is 0 Å². The van der Waals surface area contributed by atoms with Crippen molar-refractivity contribution < 1.29 is 14.7 Å². The Kier molecular flexibility index (Phi) is 4.19. The zero-order valence-corrected chi connectivity index (χ0v) is 13.4. The minimum Gasteiger partial charge on any atom is -0.478 e. The van der Waals surface area contributed by atoms with Crippen LogP contribution in [-0.2, 0) is 0 Å². The SMILES string of the molecule is Cc1cccc2[nH]cc(C(=O)/C(C#N)=C/c3ccc(C(=O)O)cc3)c12. The Hall–Kier alpha value is -3.65. The number of nitrogens with one attached hydrogen (secondary N) is 1. The first kappa shape index (κ1) is 16.2. The Labute approximate surface area is 143 Å². The third-order valence-electron chi connectivity index (χ3n) is 3.99. The average Bonchev–Trinajstić information content (AvgIpc) is 3.05. The van der Waals surface area contributed by atoms with Crippen molar-refractivity contribution in [3.05, 3.63) is 76.5 Å². The van der Waals surface area contributed by atoms with E-state index < -0.39 is 5.97 Å². The van der Waals surface area contributed by atoms with Crippen molar-refractivity contribution in [3.8, 4) is 6.07 Å². The number of carbonyl (C=O) groups is 2. The largest absolute Gasteiger partial charge is 0.478 e. The molecule has 3 aromatic rings. The molecule has 0 atom stereocenters. The molecule has 2 aromatic carbocycles. The molecule has 5 heteroatoms. The zero-order chi connectivity index (χ0) is 18.0. The number of fused-ring (bicyclic) bond motifs is 1. The summed E-state index contributed by atoms with van der Waals surface area (Å²) in [6.07, 6.45) is 3.07. The summed E-state index contributed by atoms with van der Waals surface area (Å²) in [6.45, 7) is 1.91. The number of allylic oxidation sites excluding steroid dienone is 1. The summed E-state index contributed by atoms with van der Waals surface area (Å²) in [5, 5.41) is 19.1. The van der Waals surface area contributed by atoms with Gasteiger partial charge in [-0.05, 0) is 42.3 Å². The molecule has 0 radical (unpaired) electrons. The first-order chi connectivity index (χ1) is 12.0. The number of carboxylic acids is 1. The van der Waals surface area contributed by atoms with Gasteiger partial charge < -0.3 is 10.1 Å². The minimum atomic E-state index is -1.03. The van der Waals surface area contributed by atoms with Gasteiger partial charge >= 0.3 is 5.97 Å². The van der Waals surface area contributed by atoms with E-state index in [1.807, 2.05) is 31.2 Å². The number of Topliss-reactive ketones (excluding diaryl/α,β-unsaturated/α-hetero) is 1. The van der Waals surface area contributed by atoms with Gasteiger partial charge in [0.2, 0.25) is 5.78 Å². The Balaban J connectivity index is 2.01. The molecule has 1 aromatic heterocycles. The highest BCUT2D eigenvalue weighted by Crippen LogP contribution is 2.25. The third-order valence-corrected chi connectivity index (χ3v) is 3.99. The average molecular weight is 330 g/mol. The monoisotopic (exact) mass is 330 g/mol. The van der Waals surface area contributed by atoms with E-state index in [4.69, 9.17) is 5.11 Å². The van der Waals surface area contributed by atoms with Crippen LogP contribution in [0.2, 0.25) is 0 Å². The topological polar surface area (TPSA) is 94.0 Å². The third kappa shape index (κ3) is 3.06. The Bertz CT molecular complexity index is 1050. The number of aromatic amines is 1. The van der Waals surface area contributed by atoms with Gasteiger partial charge in [-0.15, -0.1) is 0 Å². The summed E-state index contributed by atoms with van der Waals surface area (Å²) < 4.78 is 0. The van der Waals surface area contributed by atoms with Crippen molar-refractivity contribution >= 4 is 28.7 Å². The maximum absolute atomic E-state index is 12.8. The summed E-state index contributed by atoms with van der Waals surface area (Å²) in [5.41, 5.74) is 2.97. The van der Waals surface area contributed by atoms with Crippen LogP contribution in [0, 0.1) is 18.3 Å². The van der Waals surface area contributed by atoms with Gasteiger partial charge in [0.1, 0.15) is 11.6 Å². The molecule has 0 amide bonds. The number of benzene rings is 2. The second-order valence-corrected chi connectivity index (χ2v) is 5.63. The molecule has 0 unspecified atom stereocenters. The lowest BCUT2D eigenvalue weighted by molar-refractivity contribution is 0.0696. The molecular weight excluding hydrogens is 316 g/mol. The number of H-pyrrole nitrogens is 1. The van der Waals surface area contributed by atoms with E-state index in [1.165, 1.54) is 18.2 Å². The van der Waals surface area contributed by atoms with Gasteiger partial charge in [-0.2, -0.15) is 5.26 Å². The van der Waals surface area contributed by atoms with Gasteiger partial charge in [0.05, 0.1) is 5.56 Å². The van der Waals surface area contributed by atoms with Gasteiger partial charge in [0.25, 0.3) is 0 Å². The van der Waals surface area contributed by atoms with E-state index in [-0.39, 0.29) is 16.9 Å². The predicted molar refractivity (Wildman–Crippen MR) is 94.4 cm³/mol. The fourth-order valence-electron chi connectivity index (χ4n) is 2.73. The Morgan fingerprint density at radius 2 is 1.88 bits per heavy atom. The molecule has 0 saturated heterocycles. The summed E-state index contributed by atoms with van der Waals surface area (Å²) in [5.74, 6) is -1.40. The van der Waals surface area contributed by atoms with Crippen LogP contribution in [0.4, 0.5) is 0 Å². The predicted octanol–water partition coefficient (Wildman–Crippen LogP) is 3.96. The van der Waals surface area contributed by atoms with E-state index in [1.54, 1.807) is 18.3 Å². The fraction of sp³-hybridized carbons (Fsp3) is 0.0500. The molecular formula is C20H14N2O3. The van der Waals surface area contributed by atoms with Crippen LogP contribution < -0.4 is 0 Å². The number of rotatable bonds is 4. The van der Waals surface area contributed by atoms with Crippen molar-refractivity contribution in [3.63, 3.8) is 0 Å². The van der Waals surface area contributed by atoms with E-state index in [0.717, 1.165) is 16.5 Å². The van der Waals surface area contributed by atoms with E-state index in [2.05, 4.69) is 4.98 Å². The lowest BCUT2D eigenvalue weighted by atomic mass is 9.99. The maximum Gasteiger partial charge on any atom is 0.335 e. The number of carboxylic acid groups (broad SMARTS) is 1.